The number of hydrogen-bond acceptors (Lipinski definition) is 3. The summed E-state index contributed by atoms with van der Waals surface area (Å²) in [6, 6.07) is 8.78. The molecule has 0 aromatic heterocycles. The van der Waals surface area contributed by atoms with Crippen LogP contribution in [0.1, 0.15) is 15.9 Å². The van der Waals surface area contributed by atoms with Crippen molar-refractivity contribution in [1.29, 1.82) is 0 Å². The summed E-state index contributed by atoms with van der Waals surface area (Å²) in [7, 11) is 0. The van der Waals surface area contributed by atoms with E-state index in [1.807, 2.05) is 24.3 Å². The van der Waals surface area contributed by atoms with Crippen LogP contribution in [0.3, 0.4) is 0 Å². The predicted octanol–water partition coefficient (Wildman–Crippen LogP) is 3.36. The van der Waals surface area contributed by atoms with E-state index in [1.165, 1.54) is 4.90 Å². The van der Waals surface area contributed by atoms with Crippen LogP contribution in [0.4, 0.5) is 14.5 Å². The lowest BCUT2D eigenvalue weighted by atomic mass is 10.2. The number of ether oxygens (including phenoxy) is 1. The summed E-state index contributed by atoms with van der Waals surface area (Å²) in [5, 5.41) is -0.280. The van der Waals surface area contributed by atoms with Crippen LogP contribution in [0.2, 0.25) is 5.02 Å². The second kappa shape index (κ2) is 6.57. The third kappa shape index (κ3) is 3.10. The fraction of sp³-hybridized carbons (Fsp3) is 0.176. The van der Waals surface area contributed by atoms with E-state index in [-0.39, 0.29) is 10.6 Å². The molecule has 124 valence electrons. The summed E-state index contributed by atoms with van der Waals surface area (Å²) in [4.78, 5) is 25.7. The summed E-state index contributed by atoms with van der Waals surface area (Å²) in [5.41, 5.74) is 1.50. The van der Waals surface area contributed by atoms with Gasteiger partial charge in [-0.2, -0.15) is 0 Å². The third-order valence-corrected chi connectivity index (χ3v) is 4.06. The second-order valence-corrected chi connectivity index (χ2v) is 5.65. The quantitative estimate of drug-likeness (QED) is 0.629. The van der Waals surface area contributed by atoms with Gasteiger partial charge in [-0.15, -0.1) is 0 Å². The summed E-state index contributed by atoms with van der Waals surface area (Å²) in [6.45, 7) is -0.00977. The number of halogens is 3. The highest BCUT2D eigenvalue weighted by Gasteiger charge is 2.25. The lowest BCUT2D eigenvalue weighted by Gasteiger charge is -2.17. The lowest BCUT2D eigenvalue weighted by molar-refractivity contribution is -0.121. The Labute approximate surface area is 141 Å². The van der Waals surface area contributed by atoms with Crippen molar-refractivity contribution in [1.82, 2.24) is 0 Å². The van der Waals surface area contributed by atoms with Crippen molar-refractivity contribution in [2.75, 3.05) is 18.1 Å². The predicted molar refractivity (Wildman–Crippen MR) is 84.1 cm³/mol. The lowest BCUT2D eigenvalue weighted by Crippen LogP contribution is -2.33. The number of nitrogens with zero attached hydrogens (tertiary/aromatic N) is 1. The number of fused-ring (bicyclic) bond motifs is 1. The first-order valence-corrected chi connectivity index (χ1v) is 7.55. The molecule has 0 saturated carbocycles. The summed E-state index contributed by atoms with van der Waals surface area (Å²) in [5.74, 6) is -3.76. The smallest absolute Gasteiger partial charge is 0.340 e. The molecular weight excluding hydrogens is 340 g/mol. The second-order valence-electron chi connectivity index (χ2n) is 5.25. The minimum absolute atomic E-state index is 0.280. The van der Waals surface area contributed by atoms with Gasteiger partial charge >= 0.3 is 5.97 Å². The Balaban J connectivity index is 1.67. The molecule has 1 aliphatic heterocycles. The zero-order chi connectivity index (χ0) is 17.3. The fourth-order valence-corrected chi connectivity index (χ4v) is 2.79. The standard InChI is InChI=1S/C17H12ClF2NO3/c18-12-8-14(20)13(19)7-11(12)17(23)24-9-16(22)21-6-5-10-3-1-2-4-15(10)21/h1-4,7-8H,5-6,9H2. The first-order valence-electron chi connectivity index (χ1n) is 7.17. The molecule has 0 spiro atoms. The third-order valence-electron chi connectivity index (χ3n) is 3.74. The zero-order valence-electron chi connectivity index (χ0n) is 12.4. The van der Waals surface area contributed by atoms with Crippen LogP contribution >= 0.6 is 11.6 Å². The molecule has 1 amide bonds. The normalized spacial score (nSPS) is 12.9. The Bertz CT molecular complexity index is 825. The van der Waals surface area contributed by atoms with Crippen LogP contribution < -0.4 is 4.90 Å². The number of anilines is 1. The van der Waals surface area contributed by atoms with Crippen LogP contribution in [0.25, 0.3) is 0 Å². The van der Waals surface area contributed by atoms with E-state index < -0.39 is 30.1 Å². The van der Waals surface area contributed by atoms with Crippen LogP contribution in [-0.2, 0) is 16.0 Å². The largest absolute Gasteiger partial charge is 0.452 e. The maximum atomic E-state index is 13.2. The van der Waals surface area contributed by atoms with Crippen molar-refractivity contribution in [2.45, 2.75) is 6.42 Å². The molecule has 2 aromatic rings. The van der Waals surface area contributed by atoms with Gasteiger partial charge in [-0.1, -0.05) is 29.8 Å². The Morgan fingerprint density at radius 2 is 1.88 bits per heavy atom. The van der Waals surface area contributed by atoms with Crippen molar-refractivity contribution < 1.29 is 23.1 Å². The number of rotatable bonds is 3. The molecule has 0 N–H and O–H groups in total. The van der Waals surface area contributed by atoms with Gasteiger partial charge in [0, 0.05) is 12.2 Å². The highest BCUT2D eigenvalue weighted by molar-refractivity contribution is 6.33. The molecule has 1 aliphatic rings. The number of carbonyl (C=O) groups is 2. The maximum absolute atomic E-state index is 13.2. The SMILES string of the molecule is O=C(OCC(=O)N1CCc2ccccc21)c1cc(F)c(F)cc1Cl. The van der Waals surface area contributed by atoms with Gasteiger partial charge in [0.2, 0.25) is 0 Å². The summed E-state index contributed by atoms with van der Waals surface area (Å²) >= 11 is 5.70. The van der Waals surface area contributed by atoms with E-state index in [0.717, 1.165) is 17.7 Å². The molecule has 0 atom stereocenters. The van der Waals surface area contributed by atoms with Gasteiger partial charge in [0.1, 0.15) is 0 Å². The topological polar surface area (TPSA) is 46.6 Å². The zero-order valence-corrected chi connectivity index (χ0v) is 13.1. The average molecular weight is 352 g/mol. The van der Waals surface area contributed by atoms with E-state index in [9.17, 15) is 18.4 Å². The number of para-hydroxylation sites is 1. The minimum Gasteiger partial charge on any atom is -0.452 e. The van der Waals surface area contributed by atoms with E-state index in [2.05, 4.69) is 0 Å². The van der Waals surface area contributed by atoms with Crippen molar-refractivity contribution in [2.24, 2.45) is 0 Å². The van der Waals surface area contributed by atoms with Crippen LogP contribution in [0.15, 0.2) is 36.4 Å². The van der Waals surface area contributed by atoms with Crippen LogP contribution in [0.5, 0.6) is 0 Å². The summed E-state index contributed by atoms with van der Waals surface area (Å²) in [6.07, 6.45) is 0.727. The molecule has 0 fully saturated rings. The molecule has 0 unspecified atom stereocenters. The Kier molecular flexibility index (Phi) is 4.49. The van der Waals surface area contributed by atoms with Gasteiger partial charge in [0.05, 0.1) is 10.6 Å². The molecular formula is C17H12ClF2NO3. The van der Waals surface area contributed by atoms with E-state index in [1.54, 1.807) is 0 Å². The number of esters is 1. The molecule has 7 heteroatoms. The van der Waals surface area contributed by atoms with Crippen molar-refractivity contribution >= 4 is 29.2 Å². The Hall–Kier alpha value is -2.47. The molecule has 0 saturated heterocycles. The van der Waals surface area contributed by atoms with Crippen molar-refractivity contribution in [3.05, 3.63) is 64.2 Å². The highest BCUT2D eigenvalue weighted by atomic mass is 35.5. The Morgan fingerprint density at radius 3 is 2.67 bits per heavy atom. The van der Waals surface area contributed by atoms with E-state index in [4.69, 9.17) is 16.3 Å². The molecule has 0 bridgehead atoms. The van der Waals surface area contributed by atoms with Gasteiger partial charge in [-0.05, 0) is 30.2 Å². The molecule has 0 radical (unpaired) electrons. The van der Waals surface area contributed by atoms with Gasteiger partial charge < -0.3 is 9.64 Å². The average Bonchev–Trinajstić information content (AvgIpc) is 3.00. The highest BCUT2D eigenvalue weighted by Crippen LogP contribution is 2.27. The number of amides is 1. The van der Waals surface area contributed by atoms with Crippen molar-refractivity contribution in [3.63, 3.8) is 0 Å². The monoisotopic (exact) mass is 351 g/mol. The molecule has 4 nitrogen and oxygen atoms in total. The molecule has 2 aromatic carbocycles. The first-order chi connectivity index (χ1) is 11.5. The maximum Gasteiger partial charge on any atom is 0.340 e. The van der Waals surface area contributed by atoms with Gasteiger partial charge in [0.15, 0.2) is 18.2 Å². The molecule has 1 heterocycles. The number of benzene rings is 2. The number of hydrogen-bond donors (Lipinski definition) is 0. The Morgan fingerprint density at radius 1 is 1.17 bits per heavy atom. The minimum atomic E-state index is -1.22. The van der Waals surface area contributed by atoms with E-state index >= 15 is 0 Å². The molecule has 24 heavy (non-hydrogen) atoms. The van der Waals surface area contributed by atoms with Gasteiger partial charge in [0.25, 0.3) is 5.91 Å². The van der Waals surface area contributed by atoms with Gasteiger partial charge in [-0.3, -0.25) is 4.79 Å². The summed E-state index contributed by atoms with van der Waals surface area (Å²) < 4.78 is 31.1. The van der Waals surface area contributed by atoms with E-state index in [0.29, 0.717) is 18.7 Å². The van der Waals surface area contributed by atoms with Crippen molar-refractivity contribution in [3.8, 4) is 0 Å². The molecule has 3 rings (SSSR count). The number of carbonyl (C=O) groups excluding carboxylic acids is 2. The van der Waals surface area contributed by atoms with Crippen LogP contribution in [-0.4, -0.2) is 25.0 Å². The van der Waals surface area contributed by atoms with Gasteiger partial charge in [-0.25, -0.2) is 13.6 Å². The molecule has 0 aliphatic carbocycles. The fourth-order valence-electron chi connectivity index (χ4n) is 2.56. The first kappa shape index (κ1) is 16.4. The van der Waals surface area contributed by atoms with Crippen LogP contribution in [0, 0.1) is 11.6 Å².